The molecule has 3 aromatic heterocycles. The van der Waals surface area contributed by atoms with Crippen LogP contribution >= 0.6 is 0 Å². The Balaban J connectivity index is 1.27. The summed E-state index contributed by atoms with van der Waals surface area (Å²) in [5.74, 6) is 0. The molecule has 266 valence electrons. The Morgan fingerprint density at radius 3 is 1.00 bits per heavy atom. The topological polar surface area (TPSA) is 14.8 Å². The number of benzene rings is 9. The highest BCUT2D eigenvalue weighted by atomic mass is 15.0. The minimum atomic E-state index is 1.13. The van der Waals surface area contributed by atoms with E-state index in [0.717, 1.165) is 17.1 Å². The van der Waals surface area contributed by atoms with Crippen LogP contribution in [-0.2, 0) is 0 Å². The fraction of sp³-hybridized carbons (Fsp3) is 0. The molecule has 12 aromatic rings. The zero-order valence-corrected chi connectivity index (χ0v) is 31.0. The smallest absolute Gasteiger partial charge is 0.0663 e. The van der Waals surface area contributed by atoms with Gasteiger partial charge in [-0.1, -0.05) is 158 Å². The molecule has 3 heteroatoms. The largest absolute Gasteiger partial charge is 0.308 e. The van der Waals surface area contributed by atoms with Gasteiger partial charge in [0, 0.05) is 49.4 Å². The summed E-state index contributed by atoms with van der Waals surface area (Å²) in [6.07, 6.45) is 0. The third-order valence-electron chi connectivity index (χ3n) is 11.8. The lowest BCUT2D eigenvalue weighted by Crippen LogP contribution is -1.98. The van der Waals surface area contributed by atoms with Crippen molar-refractivity contribution in [1.82, 2.24) is 13.7 Å². The van der Waals surface area contributed by atoms with Crippen LogP contribution in [-0.4, -0.2) is 13.7 Å². The van der Waals surface area contributed by atoms with Gasteiger partial charge in [0.25, 0.3) is 0 Å². The summed E-state index contributed by atoms with van der Waals surface area (Å²) in [7, 11) is 0. The van der Waals surface area contributed by atoms with Gasteiger partial charge >= 0.3 is 0 Å². The van der Waals surface area contributed by atoms with Gasteiger partial charge in [0.15, 0.2) is 0 Å². The fourth-order valence-corrected chi connectivity index (χ4v) is 9.42. The number of para-hydroxylation sites is 5. The van der Waals surface area contributed by atoms with Gasteiger partial charge in [0.2, 0.25) is 0 Å². The maximum Gasteiger partial charge on any atom is 0.0663 e. The number of rotatable bonds is 5. The standard InChI is InChI=1S/C54H35N3/c1-4-17-36(18-5-1)37-31-33-38(34-32-37)39-19-16-24-42(35-39)57-48-30-15-12-27-45(48)51-53-49(43-25-10-13-28-46(43)55(53)40-20-6-2-7-21-40)52-50(54(51)57)44-26-11-14-29-47(44)56(52)41-22-8-3-9-23-41/h1-35H. The molecular weight excluding hydrogens is 691 g/mol. The van der Waals surface area contributed by atoms with Crippen LogP contribution < -0.4 is 0 Å². The molecule has 0 aliphatic rings. The van der Waals surface area contributed by atoms with E-state index in [1.165, 1.54) is 87.7 Å². The van der Waals surface area contributed by atoms with Crippen LogP contribution in [0.2, 0.25) is 0 Å². The van der Waals surface area contributed by atoms with E-state index < -0.39 is 0 Å². The molecule has 0 aliphatic carbocycles. The van der Waals surface area contributed by atoms with Gasteiger partial charge in [0.05, 0.1) is 33.1 Å². The SMILES string of the molecule is c1ccc(-c2ccc(-c3cccc(-n4c5ccccc5c5c6c(c7ccccc7n6-c6ccccc6)c6c(c7ccccc7n6-c6ccccc6)c54)c3)cc2)cc1. The van der Waals surface area contributed by atoms with Gasteiger partial charge in [0.1, 0.15) is 0 Å². The Kier molecular flexibility index (Phi) is 6.93. The molecule has 0 saturated heterocycles. The highest BCUT2D eigenvalue weighted by molar-refractivity contribution is 6.40. The first-order valence-electron chi connectivity index (χ1n) is 19.6. The van der Waals surface area contributed by atoms with Crippen LogP contribution in [0.5, 0.6) is 0 Å². The molecule has 0 amide bonds. The van der Waals surface area contributed by atoms with E-state index in [0.29, 0.717) is 0 Å². The Bertz CT molecular complexity index is 3410. The van der Waals surface area contributed by atoms with E-state index in [1.54, 1.807) is 0 Å². The highest BCUT2D eigenvalue weighted by Crippen LogP contribution is 2.50. The highest BCUT2D eigenvalue weighted by Gasteiger charge is 2.28. The molecule has 0 fully saturated rings. The molecule has 0 unspecified atom stereocenters. The van der Waals surface area contributed by atoms with Crippen molar-refractivity contribution in [2.75, 3.05) is 0 Å². The molecule has 3 heterocycles. The lowest BCUT2D eigenvalue weighted by molar-refractivity contribution is 1.17. The van der Waals surface area contributed by atoms with Crippen molar-refractivity contribution >= 4 is 65.4 Å². The van der Waals surface area contributed by atoms with E-state index in [1.807, 2.05) is 0 Å². The average Bonchev–Trinajstić information content (AvgIpc) is 3.93. The average molecular weight is 726 g/mol. The molecule has 0 aliphatic heterocycles. The Morgan fingerprint density at radius 2 is 0.544 bits per heavy atom. The summed E-state index contributed by atoms with van der Waals surface area (Å²) < 4.78 is 7.53. The second-order valence-electron chi connectivity index (χ2n) is 14.9. The molecule has 0 radical (unpaired) electrons. The number of nitrogens with zero attached hydrogens (tertiary/aromatic N) is 3. The Labute approximate surface area is 329 Å². The minimum absolute atomic E-state index is 1.13. The van der Waals surface area contributed by atoms with Crippen LogP contribution in [0, 0.1) is 0 Å². The lowest BCUT2D eigenvalue weighted by atomic mass is 10.00. The van der Waals surface area contributed by atoms with E-state index in [2.05, 4.69) is 226 Å². The van der Waals surface area contributed by atoms with Crippen molar-refractivity contribution in [3.8, 4) is 39.3 Å². The molecular formula is C54H35N3. The van der Waals surface area contributed by atoms with E-state index in [-0.39, 0.29) is 0 Å². The van der Waals surface area contributed by atoms with Gasteiger partial charge in [-0.2, -0.15) is 0 Å². The predicted octanol–water partition coefficient (Wildman–Crippen LogP) is 14.3. The molecule has 0 saturated carbocycles. The van der Waals surface area contributed by atoms with Gasteiger partial charge in [-0.15, -0.1) is 0 Å². The fourth-order valence-electron chi connectivity index (χ4n) is 9.42. The second-order valence-corrected chi connectivity index (χ2v) is 14.9. The van der Waals surface area contributed by atoms with Crippen molar-refractivity contribution in [3.63, 3.8) is 0 Å². The van der Waals surface area contributed by atoms with E-state index in [9.17, 15) is 0 Å². The minimum Gasteiger partial charge on any atom is -0.308 e. The number of fused-ring (bicyclic) bond motifs is 12. The van der Waals surface area contributed by atoms with Crippen LogP contribution in [0.25, 0.3) is 105 Å². The lowest BCUT2D eigenvalue weighted by Gasteiger charge is -2.14. The van der Waals surface area contributed by atoms with Crippen LogP contribution in [0.4, 0.5) is 0 Å². The van der Waals surface area contributed by atoms with Crippen molar-refractivity contribution in [2.45, 2.75) is 0 Å². The monoisotopic (exact) mass is 725 g/mol. The maximum absolute atomic E-state index is 2.53. The van der Waals surface area contributed by atoms with Crippen molar-refractivity contribution in [2.24, 2.45) is 0 Å². The summed E-state index contributed by atoms with van der Waals surface area (Å²) in [5.41, 5.74) is 15.4. The summed E-state index contributed by atoms with van der Waals surface area (Å²) >= 11 is 0. The zero-order valence-electron chi connectivity index (χ0n) is 31.0. The van der Waals surface area contributed by atoms with Gasteiger partial charge in [-0.05, 0) is 76.9 Å². The van der Waals surface area contributed by atoms with Crippen molar-refractivity contribution in [1.29, 1.82) is 0 Å². The molecule has 0 atom stereocenters. The second kappa shape index (κ2) is 12.5. The Hall–Kier alpha value is -7.62. The zero-order chi connectivity index (χ0) is 37.5. The van der Waals surface area contributed by atoms with Gasteiger partial charge < -0.3 is 13.7 Å². The first kappa shape index (κ1) is 31.7. The quantitative estimate of drug-likeness (QED) is 0.168. The third-order valence-corrected chi connectivity index (χ3v) is 11.8. The van der Waals surface area contributed by atoms with Gasteiger partial charge in [-0.25, -0.2) is 0 Å². The molecule has 0 bridgehead atoms. The molecule has 0 N–H and O–H groups in total. The molecule has 0 spiro atoms. The normalized spacial score (nSPS) is 11.9. The maximum atomic E-state index is 2.53. The van der Waals surface area contributed by atoms with Gasteiger partial charge in [-0.3, -0.25) is 0 Å². The Morgan fingerprint density at radius 1 is 0.228 bits per heavy atom. The van der Waals surface area contributed by atoms with E-state index in [4.69, 9.17) is 0 Å². The molecule has 3 nitrogen and oxygen atoms in total. The van der Waals surface area contributed by atoms with Crippen LogP contribution in [0.3, 0.4) is 0 Å². The molecule has 57 heavy (non-hydrogen) atoms. The molecule has 9 aromatic carbocycles. The van der Waals surface area contributed by atoms with Crippen molar-refractivity contribution in [3.05, 3.63) is 212 Å². The summed E-state index contributed by atoms with van der Waals surface area (Å²) in [6.45, 7) is 0. The predicted molar refractivity (Wildman–Crippen MR) is 240 cm³/mol. The van der Waals surface area contributed by atoms with Crippen molar-refractivity contribution < 1.29 is 0 Å². The summed E-state index contributed by atoms with van der Waals surface area (Å²) in [5, 5.41) is 7.46. The number of hydrogen-bond acceptors (Lipinski definition) is 0. The molecule has 12 rings (SSSR count). The summed E-state index contributed by atoms with van der Waals surface area (Å²) in [6, 6.07) is 77.3. The van der Waals surface area contributed by atoms with E-state index >= 15 is 0 Å². The van der Waals surface area contributed by atoms with Crippen LogP contribution in [0.1, 0.15) is 0 Å². The first-order valence-corrected chi connectivity index (χ1v) is 19.6. The summed E-state index contributed by atoms with van der Waals surface area (Å²) in [4.78, 5) is 0. The number of hydrogen-bond donors (Lipinski definition) is 0. The first-order chi connectivity index (χ1) is 28.3. The third kappa shape index (κ3) is 4.66. The van der Waals surface area contributed by atoms with Crippen LogP contribution in [0.15, 0.2) is 212 Å². The number of aromatic nitrogens is 3.